The lowest BCUT2D eigenvalue weighted by Crippen LogP contribution is -1.94. The molecule has 0 fully saturated rings. The summed E-state index contributed by atoms with van der Waals surface area (Å²) in [6, 6.07) is 7.91. The molecule has 17 heavy (non-hydrogen) atoms. The first-order chi connectivity index (χ1) is 8.15. The van der Waals surface area contributed by atoms with Crippen LogP contribution in [0, 0.1) is 6.92 Å². The van der Waals surface area contributed by atoms with Crippen molar-refractivity contribution in [2.24, 2.45) is 0 Å². The summed E-state index contributed by atoms with van der Waals surface area (Å²) < 4.78 is 5.09. The third-order valence-corrected chi connectivity index (χ3v) is 2.47. The normalized spacial score (nSPS) is 10.5. The molecule has 0 radical (unpaired) electrons. The highest BCUT2D eigenvalue weighted by molar-refractivity contribution is 5.75. The lowest BCUT2D eigenvalue weighted by Gasteiger charge is -1.94. The number of hydrogen-bond donors (Lipinski definition) is 0. The first kappa shape index (κ1) is 11.5. The topological polar surface area (TPSA) is 56.0 Å². The summed E-state index contributed by atoms with van der Waals surface area (Å²) >= 11 is 0. The number of nitrogens with zero attached hydrogens (tertiary/aromatic N) is 2. The van der Waals surface area contributed by atoms with Gasteiger partial charge in [0.15, 0.2) is 0 Å². The largest absolute Gasteiger partial charge is 0.339 e. The minimum Gasteiger partial charge on any atom is -0.339 e. The standard InChI is InChI=1S/C13H14N2O2/c1-9-3-6-11(7-4-9)13-14-12(17-15-13)8-5-10(2)16/h3-4,6-7H,5,8H2,1-2H3. The van der Waals surface area contributed by atoms with E-state index in [0.29, 0.717) is 24.6 Å². The van der Waals surface area contributed by atoms with Crippen LogP contribution in [0.5, 0.6) is 0 Å². The van der Waals surface area contributed by atoms with Crippen LogP contribution in [-0.2, 0) is 11.2 Å². The van der Waals surface area contributed by atoms with Gasteiger partial charge in [-0.15, -0.1) is 0 Å². The second-order valence-corrected chi connectivity index (χ2v) is 4.08. The Bertz CT molecular complexity index is 514. The van der Waals surface area contributed by atoms with Gasteiger partial charge in [-0.1, -0.05) is 35.0 Å². The van der Waals surface area contributed by atoms with Crippen LogP contribution < -0.4 is 0 Å². The van der Waals surface area contributed by atoms with Gasteiger partial charge in [0.1, 0.15) is 5.78 Å². The van der Waals surface area contributed by atoms with Gasteiger partial charge >= 0.3 is 0 Å². The van der Waals surface area contributed by atoms with Gasteiger partial charge in [-0.2, -0.15) is 4.98 Å². The second-order valence-electron chi connectivity index (χ2n) is 4.08. The minimum absolute atomic E-state index is 0.125. The van der Waals surface area contributed by atoms with Crippen LogP contribution in [0.4, 0.5) is 0 Å². The van der Waals surface area contributed by atoms with Gasteiger partial charge in [-0.3, -0.25) is 0 Å². The summed E-state index contributed by atoms with van der Waals surface area (Å²) in [6.07, 6.45) is 0.948. The molecule has 0 bridgehead atoms. The first-order valence-electron chi connectivity index (χ1n) is 5.54. The molecular formula is C13H14N2O2. The van der Waals surface area contributed by atoms with Crippen LogP contribution in [-0.4, -0.2) is 15.9 Å². The molecule has 0 atom stereocenters. The predicted octanol–water partition coefficient (Wildman–Crippen LogP) is 2.57. The Morgan fingerprint density at radius 3 is 2.65 bits per heavy atom. The Balaban J connectivity index is 2.12. The smallest absolute Gasteiger partial charge is 0.227 e. The molecule has 0 aliphatic carbocycles. The third-order valence-electron chi connectivity index (χ3n) is 2.47. The molecule has 0 saturated heterocycles. The monoisotopic (exact) mass is 230 g/mol. The van der Waals surface area contributed by atoms with Crippen molar-refractivity contribution >= 4 is 5.78 Å². The molecule has 2 rings (SSSR count). The summed E-state index contributed by atoms with van der Waals surface area (Å²) in [4.78, 5) is 15.1. The van der Waals surface area contributed by atoms with Crippen molar-refractivity contribution in [3.8, 4) is 11.4 Å². The van der Waals surface area contributed by atoms with Gasteiger partial charge in [0.05, 0.1) is 0 Å². The van der Waals surface area contributed by atoms with Gasteiger partial charge in [0.25, 0.3) is 0 Å². The summed E-state index contributed by atoms with van der Waals surface area (Å²) in [5.41, 5.74) is 2.11. The molecule has 4 heteroatoms. The zero-order valence-corrected chi connectivity index (χ0v) is 9.93. The number of carbonyl (C=O) groups is 1. The summed E-state index contributed by atoms with van der Waals surface area (Å²) in [7, 11) is 0. The molecule has 0 N–H and O–H groups in total. The zero-order valence-electron chi connectivity index (χ0n) is 9.93. The van der Waals surface area contributed by atoms with Crippen molar-refractivity contribution in [2.45, 2.75) is 26.7 Å². The van der Waals surface area contributed by atoms with E-state index in [2.05, 4.69) is 10.1 Å². The average molecular weight is 230 g/mol. The average Bonchev–Trinajstić information content (AvgIpc) is 2.76. The minimum atomic E-state index is 0.125. The van der Waals surface area contributed by atoms with E-state index < -0.39 is 0 Å². The van der Waals surface area contributed by atoms with E-state index in [1.807, 2.05) is 31.2 Å². The number of benzene rings is 1. The fraction of sp³-hybridized carbons (Fsp3) is 0.308. The van der Waals surface area contributed by atoms with E-state index in [0.717, 1.165) is 5.56 Å². The fourth-order valence-electron chi connectivity index (χ4n) is 1.46. The van der Waals surface area contributed by atoms with Crippen molar-refractivity contribution < 1.29 is 9.32 Å². The maximum Gasteiger partial charge on any atom is 0.227 e. The number of Topliss-reactive ketones (excluding diaryl/α,β-unsaturated/α-hetero) is 1. The molecule has 4 nitrogen and oxygen atoms in total. The zero-order chi connectivity index (χ0) is 12.3. The van der Waals surface area contributed by atoms with Crippen LogP contribution in [0.2, 0.25) is 0 Å². The summed E-state index contributed by atoms with van der Waals surface area (Å²) in [5.74, 6) is 1.21. The Morgan fingerprint density at radius 1 is 1.29 bits per heavy atom. The maximum absolute atomic E-state index is 10.8. The first-order valence-corrected chi connectivity index (χ1v) is 5.54. The van der Waals surface area contributed by atoms with Crippen molar-refractivity contribution in [2.75, 3.05) is 0 Å². The van der Waals surface area contributed by atoms with Crippen LogP contribution in [0.1, 0.15) is 24.8 Å². The van der Waals surface area contributed by atoms with Gasteiger partial charge in [0.2, 0.25) is 11.7 Å². The number of aryl methyl sites for hydroxylation is 2. The molecule has 0 saturated carbocycles. The van der Waals surface area contributed by atoms with Crippen LogP contribution in [0.3, 0.4) is 0 Å². The van der Waals surface area contributed by atoms with Crippen molar-refractivity contribution in [3.63, 3.8) is 0 Å². The highest BCUT2D eigenvalue weighted by atomic mass is 16.5. The molecule has 0 aliphatic rings. The van der Waals surface area contributed by atoms with Gasteiger partial charge in [0, 0.05) is 18.4 Å². The highest BCUT2D eigenvalue weighted by Gasteiger charge is 2.08. The predicted molar refractivity (Wildman–Crippen MR) is 63.5 cm³/mol. The Kier molecular flexibility index (Phi) is 3.32. The van der Waals surface area contributed by atoms with E-state index in [9.17, 15) is 4.79 Å². The lowest BCUT2D eigenvalue weighted by molar-refractivity contribution is -0.117. The molecule has 0 aliphatic heterocycles. The van der Waals surface area contributed by atoms with Crippen molar-refractivity contribution in [1.29, 1.82) is 0 Å². The van der Waals surface area contributed by atoms with Gasteiger partial charge in [-0.05, 0) is 13.8 Å². The van der Waals surface area contributed by atoms with E-state index in [1.165, 1.54) is 5.56 Å². The second kappa shape index (κ2) is 4.91. The molecule has 1 aromatic carbocycles. The van der Waals surface area contributed by atoms with Crippen LogP contribution in [0.25, 0.3) is 11.4 Å². The quantitative estimate of drug-likeness (QED) is 0.810. The van der Waals surface area contributed by atoms with Crippen molar-refractivity contribution in [3.05, 3.63) is 35.7 Å². The van der Waals surface area contributed by atoms with Gasteiger partial charge in [-0.25, -0.2) is 0 Å². The molecule has 1 heterocycles. The summed E-state index contributed by atoms with van der Waals surface area (Å²) in [5, 5.41) is 3.90. The SMILES string of the molecule is CC(=O)CCc1nc(-c2ccc(C)cc2)no1. The van der Waals surface area contributed by atoms with E-state index >= 15 is 0 Å². The van der Waals surface area contributed by atoms with Crippen LogP contribution >= 0.6 is 0 Å². The third kappa shape index (κ3) is 3.00. The van der Waals surface area contributed by atoms with E-state index in [4.69, 9.17) is 4.52 Å². The number of ketones is 1. The molecule has 0 spiro atoms. The summed E-state index contributed by atoms with van der Waals surface area (Å²) in [6.45, 7) is 3.58. The lowest BCUT2D eigenvalue weighted by atomic mass is 10.1. The van der Waals surface area contributed by atoms with E-state index in [1.54, 1.807) is 6.92 Å². The van der Waals surface area contributed by atoms with E-state index in [-0.39, 0.29) is 5.78 Å². The van der Waals surface area contributed by atoms with Crippen LogP contribution in [0.15, 0.2) is 28.8 Å². The molecular weight excluding hydrogens is 216 g/mol. The fourth-order valence-corrected chi connectivity index (χ4v) is 1.46. The number of hydrogen-bond acceptors (Lipinski definition) is 4. The Morgan fingerprint density at radius 2 is 2.00 bits per heavy atom. The number of rotatable bonds is 4. The molecule has 0 amide bonds. The number of carbonyl (C=O) groups excluding carboxylic acids is 1. The molecule has 1 aromatic heterocycles. The Labute approximate surface area is 99.7 Å². The number of aromatic nitrogens is 2. The highest BCUT2D eigenvalue weighted by Crippen LogP contribution is 2.16. The maximum atomic E-state index is 10.8. The molecule has 88 valence electrons. The van der Waals surface area contributed by atoms with Crippen molar-refractivity contribution in [1.82, 2.24) is 10.1 Å². The molecule has 0 unspecified atom stereocenters. The Hall–Kier alpha value is -1.97. The molecule has 2 aromatic rings. The van der Waals surface area contributed by atoms with Gasteiger partial charge < -0.3 is 9.32 Å².